The summed E-state index contributed by atoms with van der Waals surface area (Å²) in [5, 5.41) is 18.7. The monoisotopic (exact) mass is 542 g/mol. The van der Waals surface area contributed by atoms with Crippen LogP contribution in [0.1, 0.15) is 30.5 Å². The molecule has 2 aliphatic heterocycles. The lowest BCUT2D eigenvalue weighted by atomic mass is 9.84. The molecule has 0 spiro atoms. The maximum Gasteiger partial charge on any atom is 0.414 e. The second kappa shape index (κ2) is 11.0. The molecule has 3 aliphatic rings. The second-order valence-electron chi connectivity index (χ2n) is 9.59. The Morgan fingerprint density at radius 3 is 2.13 bits per heavy atom. The number of aromatic nitrogens is 4. The minimum atomic E-state index is -4.31. The Bertz CT molecular complexity index is 1160. The molecule has 2 aromatic rings. The molecule has 2 fully saturated rings. The summed E-state index contributed by atoms with van der Waals surface area (Å²) in [7, 11) is 0. The first-order valence-electron chi connectivity index (χ1n) is 12.0. The number of likely N-dealkylation sites (tertiary alicyclic amines) is 1. The van der Waals surface area contributed by atoms with Crippen LogP contribution < -0.4 is 4.90 Å². The largest absolute Gasteiger partial charge is 0.473 e. The van der Waals surface area contributed by atoms with E-state index in [1.165, 1.54) is 18.6 Å². The number of anilines is 1. The lowest BCUT2D eigenvalue weighted by Crippen LogP contribution is -2.55. The molecule has 3 atom stereocenters. The van der Waals surface area contributed by atoms with Crippen LogP contribution in [0.5, 0.6) is 0 Å². The molecule has 0 radical (unpaired) electrons. The van der Waals surface area contributed by atoms with Crippen molar-refractivity contribution in [1.29, 1.82) is 0 Å². The normalized spacial score (nSPS) is 22.8. The van der Waals surface area contributed by atoms with Crippen molar-refractivity contribution < 1.29 is 42.2 Å². The van der Waals surface area contributed by atoms with Crippen molar-refractivity contribution in [3.63, 3.8) is 0 Å². The highest BCUT2D eigenvalue weighted by atomic mass is 19.4. The quantitative estimate of drug-likeness (QED) is 0.422. The van der Waals surface area contributed by atoms with Crippen LogP contribution in [-0.2, 0) is 33.8 Å². The third-order valence-electron chi connectivity index (χ3n) is 6.97. The summed E-state index contributed by atoms with van der Waals surface area (Å²) in [6.07, 6.45) is 2.88. The van der Waals surface area contributed by atoms with Gasteiger partial charge in [0.2, 0.25) is 5.95 Å². The summed E-state index contributed by atoms with van der Waals surface area (Å²) in [5.74, 6) is -3.65. The molecule has 2 saturated heterocycles. The molecule has 4 heterocycles. The van der Waals surface area contributed by atoms with Gasteiger partial charge in [-0.3, -0.25) is 14.4 Å². The van der Waals surface area contributed by atoms with Gasteiger partial charge in [0.25, 0.3) is 0 Å². The van der Waals surface area contributed by atoms with Gasteiger partial charge in [0.15, 0.2) is 5.82 Å². The fraction of sp³-hybridized carbons (Fsp3) is 0.565. The van der Waals surface area contributed by atoms with Crippen molar-refractivity contribution in [2.24, 2.45) is 5.92 Å². The summed E-state index contributed by atoms with van der Waals surface area (Å²) >= 11 is 0. The number of carbonyl (C=O) groups is 3. The van der Waals surface area contributed by atoms with Crippen LogP contribution in [0.2, 0.25) is 0 Å². The first-order valence-corrected chi connectivity index (χ1v) is 12.0. The molecule has 5 rings (SSSR count). The van der Waals surface area contributed by atoms with E-state index in [-0.39, 0.29) is 23.8 Å². The number of carboxylic acid groups (broad SMARTS) is 2. The summed E-state index contributed by atoms with van der Waals surface area (Å²) in [5.41, 5.74) is 1.34. The number of carboxylic acids is 2. The van der Waals surface area contributed by atoms with E-state index in [4.69, 9.17) is 19.8 Å². The van der Waals surface area contributed by atoms with E-state index in [9.17, 15) is 22.4 Å². The van der Waals surface area contributed by atoms with Crippen LogP contribution >= 0.6 is 0 Å². The number of fused-ring (bicyclic) bond motifs is 3. The number of nitrogens with zero attached hydrogens (tertiary/aromatic N) is 6. The fourth-order valence-corrected chi connectivity index (χ4v) is 5.40. The highest BCUT2D eigenvalue weighted by molar-refractivity contribution is 6.27. The molecular formula is C23H26F4N6O5. The van der Waals surface area contributed by atoms with E-state index in [0.29, 0.717) is 50.5 Å². The maximum absolute atomic E-state index is 13.2. The Morgan fingerprint density at radius 2 is 1.58 bits per heavy atom. The van der Waals surface area contributed by atoms with Crippen LogP contribution in [0, 0.1) is 11.7 Å². The van der Waals surface area contributed by atoms with Gasteiger partial charge >= 0.3 is 18.1 Å². The van der Waals surface area contributed by atoms with E-state index in [0.717, 1.165) is 23.1 Å². The van der Waals surface area contributed by atoms with Crippen LogP contribution in [0.25, 0.3) is 0 Å². The molecule has 15 heteroatoms. The summed E-state index contributed by atoms with van der Waals surface area (Å²) in [6.45, 7) is 0.669. The molecule has 0 amide bonds. The van der Waals surface area contributed by atoms with Gasteiger partial charge in [-0.2, -0.15) is 18.3 Å². The Kier molecular flexibility index (Phi) is 7.94. The highest BCUT2D eigenvalue weighted by Crippen LogP contribution is 2.34. The lowest BCUT2D eigenvalue weighted by molar-refractivity contribution is -0.159. The van der Waals surface area contributed by atoms with Crippen LogP contribution in [0.15, 0.2) is 18.6 Å². The Balaban J connectivity index is 0.000000505. The van der Waals surface area contributed by atoms with Crippen molar-refractivity contribution in [2.45, 2.75) is 56.9 Å². The van der Waals surface area contributed by atoms with E-state index >= 15 is 0 Å². The molecule has 2 N–H and O–H groups in total. The number of ketones is 1. The standard InChI is InChI=1S/C21H24F4N6O.C2H2O4/c22-15-7-26-20(27-8-15)31-16-2-3-17(31)10-29(9-16)11-19(32)13-1-4-18-14(5-13)6-28-30(18)12-21(23,24)25;3-1(4)2(5)6/h6-8,13,16-17H,1-5,9-12H2;(H,3,4)(H,5,6). The van der Waals surface area contributed by atoms with Crippen LogP contribution in [0.4, 0.5) is 23.5 Å². The number of rotatable bonds is 5. The van der Waals surface area contributed by atoms with Gasteiger partial charge in [-0.25, -0.2) is 23.9 Å². The summed E-state index contributed by atoms with van der Waals surface area (Å²) in [4.78, 5) is 43.8. The molecule has 206 valence electrons. The maximum atomic E-state index is 13.2. The van der Waals surface area contributed by atoms with E-state index in [1.54, 1.807) is 0 Å². The predicted octanol–water partition coefficient (Wildman–Crippen LogP) is 1.56. The van der Waals surface area contributed by atoms with E-state index < -0.39 is 30.5 Å². The van der Waals surface area contributed by atoms with Crippen LogP contribution in [0.3, 0.4) is 0 Å². The number of hydrogen-bond acceptors (Lipinski definition) is 8. The second-order valence-corrected chi connectivity index (χ2v) is 9.59. The molecule has 38 heavy (non-hydrogen) atoms. The van der Waals surface area contributed by atoms with Crippen molar-refractivity contribution in [3.8, 4) is 0 Å². The third kappa shape index (κ3) is 6.44. The number of carbonyl (C=O) groups excluding carboxylic acids is 1. The molecule has 3 unspecified atom stereocenters. The molecule has 2 aromatic heterocycles. The Hall–Kier alpha value is -3.62. The molecule has 0 aromatic carbocycles. The number of halogens is 4. The predicted molar refractivity (Wildman–Crippen MR) is 122 cm³/mol. The number of Topliss-reactive ketones (excluding diaryl/α,β-unsaturated/α-hetero) is 1. The zero-order valence-corrected chi connectivity index (χ0v) is 20.1. The van der Waals surface area contributed by atoms with Crippen molar-refractivity contribution >= 4 is 23.7 Å². The number of piperazine rings is 1. The lowest BCUT2D eigenvalue weighted by Gasteiger charge is -2.41. The Morgan fingerprint density at radius 1 is 0.974 bits per heavy atom. The van der Waals surface area contributed by atoms with Gasteiger partial charge < -0.3 is 15.1 Å². The summed E-state index contributed by atoms with van der Waals surface area (Å²) in [6, 6.07) is 0.371. The molecule has 11 nitrogen and oxygen atoms in total. The number of hydrogen-bond donors (Lipinski definition) is 2. The number of aliphatic carboxylic acids is 2. The smallest absolute Gasteiger partial charge is 0.414 e. The van der Waals surface area contributed by atoms with Gasteiger partial charge in [0, 0.05) is 36.8 Å². The topological polar surface area (TPSA) is 142 Å². The average molecular weight is 542 g/mol. The molecule has 1 aliphatic carbocycles. The van der Waals surface area contributed by atoms with Gasteiger partial charge in [-0.15, -0.1) is 0 Å². The fourth-order valence-electron chi connectivity index (χ4n) is 5.40. The first-order chi connectivity index (χ1) is 17.9. The third-order valence-corrected chi connectivity index (χ3v) is 6.97. The zero-order chi connectivity index (χ0) is 27.6. The molecule has 2 bridgehead atoms. The van der Waals surface area contributed by atoms with Gasteiger partial charge in [0.1, 0.15) is 12.3 Å². The SMILES string of the molecule is O=C(CN1CC2CCC(C1)N2c1ncc(F)cn1)C1CCc2c(cnn2CC(F)(F)F)C1.O=C(O)C(=O)O. The number of alkyl halides is 3. The minimum absolute atomic E-state index is 0.130. The van der Waals surface area contributed by atoms with Gasteiger partial charge in [0.05, 0.1) is 25.1 Å². The summed E-state index contributed by atoms with van der Waals surface area (Å²) < 4.78 is 52.4. The average Bonchev–Trinajstić information content (AvgIpc) is 3.35. The van der Waals surface area contributed by atoms with Gasteiger partial charge in [-0.05, 0) is 37.7 Å². The van der Waals surface area contributed by atoms with Gasteiger partial charge in [-0.1, -0.05) is 0 Å². The first kappa shape index (κ1) is 27.4. The minimum Gasteiger partial charge on any atom is -0.473 e. The van der Waals surface area contributed by atoms with Crippen LogP contribution in [-0.4, -0.2) is 90.5 Å². The highest BCUT2D eigenvalue weighted by Gasteiger charge is 2.42. The zero-order valence-electron chi connectivity index (χ0n) is 20.1. The molecular weight excluding hydrogens is 516 g/mol. The van der Waals surface area contributed by atoms with E-state index in [1.807, 2.05) is 0 Å². The van der Waals surface area contributed by atoms with Crippen molar-refractivity contribution in [1.82, 2.24) is 24.6 Å². The van der Waals surface area contributed by atoms with E-state index in [2.05, 4.69) is 24.9 Å². The molecule has 0 saturated carbocycles. The van der Waals surface area contributed by atoms with Crippen molar-refractivity contribution in [2.75, 3.05) is 24.5 Å². The Labute approximate surface area is 214 Å². The van der Waals surface area contributed by atoms with Crippen molar-refractivity contribution in [3.05, 3.63) is 35.7 Å².